The average molecular weight is 406 g/mol. The standard InChI is InChI=1S/C20H23N3O4.ClH/c1-14-17(15(2)27-21-14)12-22-7-9-23(10-8-22)20(24)6-4-16-3-5-18-19(11-16)26-13-25-18;/h3-6,11H,7-10,12-13H2,1-2H3;1H. The number of rotatable bonds is 4. The molecular weight excluding hydrogens is 382 g/mol. The van der Waals surface area contributed by atoms with Crippen LogP contribution in [0, 0.1) is 13.8 Å². The van der Waals surface area contributed by atoms with Crippen molar-refractivity contribution in [3.8, 4) is 11.5 Å². The van der Waals surface area contributed by atoms with Crippen LogP contribution in [0.1, 0.15) is 22.6 Å². The lowest BCUT2D eigenvalue weighted by atomic mass is 10.1. The van der Waals surface area contributed by atoms with Gasteiger partial charge in [-0.2, -0.15) is 0 Å². The third-order valence-electron chi connectivity index (χ3n) is 5.06. The molecule has 2 aliphatic heterocycles. The Kier molecular flexibility index (Phi) is 6.26. The smallest absolute Gasteiger partial charge is 0.246 e. The lowest BCUT2D eigenvalue weighted by molar-refractivity contribution is -0.127. The topological polar surface area (TPSA) is 68.0 Å². The summed E-state index contributed by atoms with van der Waals surface area (Å²) in [6.07, 6.45) is 3.45. The first-order valence-electron chi connectivity index (χ1n) is 9.11. The van der Waals surface area contributed by atoms with Gasteiger partial charge in [-0.15, -0.1) is 12.4 Å². The Morgan fingerprint density at radius 1 is 1.14 bits per heavy atom. The molecule has 1 saturated heterocycles. The van der Waals surface area contributed by atoms with E-state index in [2.05, 4.69) is 10.1 Å². The number of benzene rings is 1. The Morgan fingerprint density at radius 2 is 1.89 bits per heavy atom. The fourth-order valence-corrected chi connectivity index (χ4v) is 3.37. The van der Waals surface area contributed by atoms with Gasteiger partial charge in [0.15, 0.2) is 11.5 Å². The van der Waals surface area contributed by atoms with E-state index in [9.17, 15) is 4.79 Å². The summed E-state index contributed by atoms with van der Waals surface area (Å²) < 4.78 is 15.9. The van der Waals surface area contributed by atoms with E-state index in [0.717, 1.165) is 53.7 Å². The molecule has 1 aromatic heterocycles. The number of halogens is 1. The molecule has 0 radical (unpaired) electrons. The van der Waals surface area contributed by atoms with Crippen molar-refractivity contribution in [2.45, 2.75) is 20.4 Å². The number of aromatic nitrogens is 1. The van der Waals surface area contributed by atoms with Crippen molar-refractivity contribution in [2.24, 2.45) is 0 Å². The number of ether oxygens (including phenoxy) is 2. The highest BCUT2D eigenvalue weighted by Gasteiger charge is 2.22. The highest BCUT2D eigenvalue weighted by atomic mass is 35.5. The molecule has 0 spiro atoms. The molecule has 0 atom stereocenters. The Balaban J connectivity index is 0.00000225. The molecule has 4 rings (SSSR count). The Labute approximate surface area is 170 Å². The Bertz CT molecular complexity index is 853. The van der Waals surface area contributed by atoms with E-state index in [4.69, 9.17) is 14.0 Å². The number of carbonyl (C=O) groups is 1. The zero-order valence-corrected chi connectivity index (χ0v) is 16.8. The molecule has 2 aliphatic rings. The minimum absolute atomic E-state index is 0. The maximum atomic E-state index is 12.5. The minimum Gasteiger partial charge on any atom is -0.454 e. The molecule has 0 aliphatic carbocycles. The van der Waals surface area contributed by atoms with Gasteiger partial charge in [0.05, 0.1) is 5.69 Å². The molecule has 3 heterocycles. The fraction of sp³-hybridized carbons (Fsp3) is 0.400. The van der Waals surface area contributed by atoms with Gasteiger partial charge in [-0.1, -0.05) is 11.2 Å². The predicted octanol–water partition coefficient (Wildman–Crippen LogP) is 2.80. The molecule has 1 amide bonds. The fourth-order valence-electron chi connectivity index (χ4n) is 3.37. The molecule has 28 heavy (non-hydrogen) atoms. The van der Waals surface area contributed by atoms with Gasteiger partial charge in [0, 0.05) is 44.4 Å². The Morgan fingerprint density at radius 3 is 2.61 bits per heavy atom. The third kappa shape index (κ3) is 4.31. The monoisotopic (exact) mass is 405 g/mol. The van der Waals surface area contributed by atoms with Gasteiger partial charge in [0.1, 0.15) is 5.76 Å². The van der Waals surface area contributed by atoms with Crippen LogP contribution in [0.4, 0.5) is 0 Å². The maximum Gasteiger partial charge on any atom is 0.246 e. The normalized spacial score (nSPS) is 16.4. The second kappa shape index (κ2) is 8.67. The molecule has 150 valence electrons. The van der Waals surface area contributed by atoms with Crippen LogP contribution >= 0.6 is 12.4 Å². The number of nitrogens with zero attached hydrogens (tertiary/aromatic N) is 3. The summed E-state index contributed by atoms with van der Waals surface area (Å²) in [5.74, 6) is 2.37. The zero-order valence-electron chi connectivity index (χ0n) is 16.0. The highest BCUT2D eigenvalue weighted by molar-refractivity contribution is 5.92. The number of aryl methyl sites for hydroxylation is 2. The van der Waals surface area contributed by atoms with Crippen molar-refractivity contribution >= 4 is 24.4 Å². The van der Waals surface area contributed by atoms with Crippen LogP contribution in [0.25, 0.3) is 6.08 Å². The van der Waals surface area contributed by atoms with Crippen LogP contribution in [-0.4, -0.2) is 53.8 Å². The average Bonchev–Trinajstić information content (AvgIpc) is 3.28. The van der Waals surface area contributed by atoms with Gasteiger partial charge in [0.25, 0.3) is 0 Å². The molecule has 0 bridgehead atoms. The number of carbonyl (C=O) groups excluding carboxylic acids is 1. The summed E-state index contributed by atoms with van der Waals surface area (Å²) in [6.45, 7) is 8.08. The summed E-state index contributed by atoms with van der Waals surface area (Å²) in [6, 6.07) is 5.66. The predicted molar refractivity (Wildman–Crippen MR) is 107 cm³/mol. The SMILES string of the molecule is Cc1noc(C)c1CN1CCN(C(=O)C=Cc2ccc3c(c2)OCO3)CC1.Cl. The quantitative estimate of drug-likeness (QED) is 0.728. The first kappa shape index (κ1) is 20.2. The first-order chi connectivity index (χ1) is 13.1. The van der Waals surface area contributed by atoms with E-state index < -0.39 is 0 Å². The molecule has 1 aromatic carbocycles. The zero-order chi connectivity index (χ0) is 18.8. The minimum atomic E-state index is 0. The van der Waals surface area contributed by atoms with Crippen molar-refractivity contribution in [2.75, 3.05) is 33.0 Å². The number of fused-ring (bicyclic) bond motifs is 1. The van der Waals surface area contributed by atoms with Gasteiger partial charge >= 0.3 is 0 Å². The van der Waals surface area contributed by atoms with E-state index in [-0.39, 0.29) is 25.1 Å². The summed E-state index contributed by atoms with van der Waals surface area (Å²) >= 11 is 0. The largest absolute Gasteiger partial charge is 0.454 e. The molecule has 0 unspecified atom stereocenters. The lowest BCUT2D eigenvalue weighted by Gasteiger charge is -2.34. The van der Waals surface area contributed by atoms with Gasteiger partial charge in [-0.25, -0.2) is 0 Å². The first-order valence-corrected chi connectivity index (χ1v) is 9.11. The second-order valence-electron chi connectivity index (χ2n) is 6.85. The highest BCUT2D eigenvalue weighted by Crippen LogP contribution is 2.32. The van der Waals surface area contributed by atoms with Gasteiger partial charge in [0.2, 0.25) is 12.7 Å². The van der Waals surface area contributed by atoms with E-state index >= 15 is 0 Å². The molecule has 8 heteroatoms. The van der Waals surface area contributed by atoms with E-state index in [1.54, 1.807) is 6.08 Å². The second-order valence-corrected chi connectivity index (χ2v) is 6.85. The van der Waals surface area contributed by atoms with Crippen molar-refractivity contribution in [3.05, 3.63) is 46.9 Å². The number of hydrogen-bond donors (Lipinski definition) is 0. The summed E-state index contributed by atoms with van der Waals surface area (Å²) in [5, 5.41) is 4.01. The van der Waals surface area contributed by atoms with Gasteiger partial charge in [-0.05, 0) is 37.6 Å². The molecule has 0 N–H and O–H groups in total. The van der Waals surface area contributed by atoms with Gasteiger partial charge in [-0.3, -0.25) is 9.69 Å². The molecule has 7 nitrogen and oxygen atoms in total. The van der Waals surface area contributed by atoms with Crippen LogP contribution in [0.2, 0.25) is 0 Å². The third-order valence-corrected chi connectivity index (χ3v) is 5.06. The molecule has 0 saturated carbocycles. The van der Waals surface area contributed by atoms with Crippen LogP contribution < -0.4 is 9.47 Å². The number of amides is 1. The van der Waals surface area contributed by atoms with Crippen LogP contribution in [0.3, 0.4) is 0 Å². The number of piperazine rings is 1. The van der Waals surface area contributed by atoms with E-state index in [1.807, 2.05) is 43.0 Å². The van der Waals surface area contributed by atoms with Crippen LogP contribution in [0.5, 0.6) is 11.5 Å². The Hall–Kier alpha value is -2.51. The van der Waals surface area contributed by atoms with E-state index in [1.165, 1.54) is 0 Å². The number of hydrogen-bond acceptors (Lipinski definition) is 6. The summed E-state index contributed by atoms with van der Waals surface area (Å²) in [4.78, 5) is 16.7. The van der Waals surface area contributed by atoms with Crippen LogP contribution in [-0.2, 0) is 11.3 Å². The van der Waals surface area contributed by atoms with Crippen molar-refractivity contribution < 1.29 is 18.8 Å². The molecular formula is C20H24ClN3O4. The van der Waals surface area contributed by atoms with Crippen molar-refractivity contribution in [1.82, 2.24) is 15.0 Å². The van der Waals surface area contributed by atoms with Crippen LogP contribution in [0.15, 0.2) is 28.8 Å². The van der Waals surface area contributed by atoms with Crippen molar-refractivity contribution in [1.29, 1.82) is 0 Å². The van der Waals surface area contributed by atoms with Crippen molar-refractivity contribution in [3.63, 3.8) is 0 Å². The lowest BCUT2D eigenvalue weighted by Crippen LogP contribution is -2.47. The van der Waals surface area contributed by atoms with E-state index in [0.29, 0.717) is 13.1 Å². The molecule has 1 fully saturated rings. The summed E-state index contributed by atoms with van der Waals surface area (Å²) in [7, 11) is 0. The maximum absolute atomic E-state index is 12.5. The molecule has 2 aromatic rings. The summed E-state index contributed by atoms with van der Waals surface area (Å²) in [5.41, 5.74) is 3.01. The van der Waals surface area contributed by atoms with Gasteiger partial charge < -0.3 is 18.9 Å².